The van der Waals surface area contributed by atoms with Crippen molar-refractivity contribution in [3.63, 3.8) is 0 Å². The Morgan fingerprint density at radius 3 is 2.32 bits per heavy atom. The molecular formula is C14H21N3O2. The number of rotatable bonds is 4. The maximum absolute atomic E-state index is 11.8. The Morgan fingerprint density at radius 1 is 1.21 bits per heavy atom. The van der Waals surface area contributed by atoms with E-state index in [0.717, 1.165) is 5.56 Å². The van der Waals surface area contributed by atoms with Crippen LogP contribution in [0.5, 0.6) is 0 Å². The molecule has 0 saturated carbocycles. The fourth-order valence-electron chi connectivity index (χ4n) is 1.55. The number of amides is 2. The van der Waals surface area contributed by atoms with Gasteiger partial charge in [0.15, 0.2) is 0 Å². The van der Waals surface area contributed by atoms with Crippen LogP contribution in [0.25, 0.3) is 0 Å². The van der Waals surface area contributed by atoms with Gasteiger partial charge in [-0.15, -0.1) is 0 Å². The van der Waals surface area contributed by atoms with E-state index in [1.807, 2.05) is 39.0 Å². The van der Waals surface area contributed by atoms with Crippen molar-refractivity contribution in [1.29, 1.82) is 0 Å². The maximum atomic E-state index is 11.8. The number of carbonyl (C=O) groups is 2. The summed E-state index contributed by atoms with van der Waals surface area (Å²) in [6, 6.07) is 8.27. The van der Waals surface area contributed by atoms with Crippen LogP contribution in [0.2, 0.25) is 0 Å². The van der Waals surface area contributed by atoms with Gasteiger partial charge in [0.25, 0.3) is 0 Å². The average Bonchev–Trinajstić information content (AvgIpc) is 2.34. The number of benzene rings is 1. The lowest BCUT2D eigenvalue weighted by Crippen LogP contribution is -2.47. The molecule has 0 bridgehead atoms. The summed E-state index contributed by atoms with van der Waals surface area (Å²) in [6.45, 7) is 5.56. The molecule has 0 aliphatic carbocycles. The van der Waals surface area contributed by atoms with Gasteiger partial charge in [0.05, 0.1) is 6.54 Å². The zero-order chi connectivity index (χ0) is 14.5. The lowest BCUT2D eigenvalue weighted by molar-refractivity contribution is -0.127. The van der Waals surface area contributed by atoms with Gasteiger partial charge >= 0.3 is 0 Å². The second-order valence-corrected chi connectivity index (χ2v) is 5.40. The highest BCUT2D eigenvalue weighted by Crippen LogP contribution is 2.08. The van der Waals surface area contributed by atoms with E-state index >= 15 is 0 Å². The van der Waals surface area contributed by atoms with Crippen LogP contribution in [0, 0.1) is 0 Å². The third kappa shape index (κ3) is 5.52. The number of hydrogen-bond donors (Lipinski definition) is 3. The zero-order valence-electron chi connectivity index (χ0n) is 11.6. The Labute approximate surface area is 113 Å². The van der Waals surface area contributed by atoms with Crippen LogP contribution in [0.1, 0.15) is 32.4 Å². The Hall–Kier alpha value is -1.88. The topological polar surface area (TPSA) is 84.2 Å². The molecule has 0 fully saturated rings. The molecule has 19 heavy (non-hydrogen) atoms. The summed E-state index contributed by atoms with van der Waals surface area (Å²) in [6.07, 6.45) is 0. The summed E-state index contributed by atoms with van der Waals surface area (Å²) in [5, 5.41) is 5.29. The van der Waals surface area contributed by atoms with Gasteiger partial charge in [-0.25, -0.2) is 0 Å². The van der Waals surface area contributed by atoms with E-state index in [0.29, 0.717) is 0 Å². The normalized spacial score (nSPS) is 12.6. The Morgan fingerprint density at radius 2 is 1.79 bits per heavy atom. The molecule has 1 aromatic carbocycles. The zero-order valence-corrected chi connectivity index (χ0v) is 11.6. The summed E-state index contributed by atoms with van der Waals surface area (Å²) < 4.78 is 0. The van der Waals surface area contributed by atoms with Gasteiger partial charge < -0.3 is 16.4 Å². The van der Waals surface area contributed by atoms with Crippen LogP contribution >= 0.6 is 0 Å². The largest absolute Gasteiger partial charge is 0.350 e. The second kappa shape index (κ2) is 6.33. The molecule has 0 aromatic heterocycles. The monoisotopic (exact) mass is 263 g/mol. The van der Waals surface area contributed by atoms with Crippen LogP contribution in [0.3, 0.4) is 0 Å². The van der Waals surface area contributed by atoms with Gasteiger partial charge in [0.2, 0.25) is 11.8 Å². The van der Waals surface area contributed by atoms with Crippen LogP contribution in [0.4, 0.5) is 0 Å². The van der Waals surface area contributed by atoms with Crippen LogP contribution in [-0.4, -0.2) is 23.9 Å². The first-order valence-electron chi connectivity index (χ1n) is 6.19. The minimum Gasteiger partial charge on any atom is -0.350 e. The number of nitrogens with one attached hydrogen (secondary N) is 2. The number of carbonyl (C=O) groups excluding carboxylic acids is 2. The van der Waals surface area contributed by atoms with E-state index in [2.05, 4.69) is 10.6 Å². The van der Waals surface area contributed by atoms with Crippen LogP contribution in [-0.2, 0) is 9.59 Å². The minimum absolute atomic E-state index is 0.0728. The molecule has 0 saturated heterocycles. The SMILES string of the molecule is CC(C)(C)NC(=O)CNC(=O)[C@H](N)c1ccccc1. The highest BCUT2D eigenvalue weighted by atomic mass is 16.2. The first kappa shape index (κ1) is 15.2. The van der Waals surface area contributed by atoms with Crippen molar-refractivity contribution in [3.8, 4) is 0 Å². The molecule has 0 heterocycles. The molecule has 0 radical (unpaired) electrons. The molecular weight excluding hydrogens is 242 g/mol. The van der Waals surface area contributed by atoms with Gasteiger partial charge in [-0.05, 0) is 26.3 Å². The predicted molar refractivity (Wildman–Crippen MR) is 74.3 cm³/mol. The Balaban J connectivity index is 2.46. The molecule has 4 N–H and O–H groups in total. The Kier molecular flexibility index (Phi) is 5.06. The molecule has 104 valence electrons. The first-order valence-corrected chi connectivity index (χ1v) is 6.19. The highest BCUT2D eigenvalue weighted by molar-refractivity contribution is 5.88. The quantitative estimate of drug-likeness (QED) is 0.748. The van der Waals surface area contributed by atoms with Crippen molar-refractivity contribution in [1.82, 2.24) is 10.6 Å². The van der Waals surface area contributed by atoms with Gasteiger partial charge in [0, 0.05) is 5.54 Å². The summed E-state index contributed by atoms with van der Waals surface area (Å²) in [7, 11) is 0. The molecule has 2 amide bonds. The fraction of sp³-hybridized carbons (Fsp3) is 0.429. The van der Waals surface area contributed by atoms with E-state index in [9.17, 15) is 9.59 Å². The minimum atomic E-state index is -0.761. The molecule has 0 aliphatic heterocycles. The lowest BCUT2D eigenvalue weighted by Gasteiger charge is -2.21. The maximum Gasteiger partial charge on any atom is 0.241 e. The fourth-order valence-corrected chi connectivity index (χ4v) is 1.55. The molecule has 0 aliphatic rings. The molecule has 1 atom stereocenters. The van der Waals surface area contributed by atoms with Crippen LogP contribution in [0.15, 0.2) is 30.3 Å². The number of hydrogen-bond acceptors (Lipinski definition) is 3. The number of nitrogens with two attached hydrogens (primary N) is 1. The summed E-state index contributed by atoms with van der Waals surface area (Å²) in [5.41, 5.74) is 6.21. The smallest absolute Gasteiger partial charge is 0.241 e. The van der Waals surface area contributed by atoms with Gasteiger partial charge in [-0.1, -0.05) is 30.3 Å². The summed E-state index contributed by atoms with van der Waals surface area (Å²) in [5.74, 6) is -0.601. The molecule has 5 heteroatoms. The first-order chi connectivity index (χ1) is 8.79. The Bertz CT molecular complexity index is 438. The summed E-state index contributed by atoms with van der Waals surface area (Å²) in [4.78, 5) is 23.4. The lowest BCUT2D eigenvalue weighted by atomic mass is 10.1. The second-order valence-electron chi connectivity index (χ2n) is 5.40. The van der Waals surface area contributed by atoms with Gasteiger partial charge in [0.1, 0.15) is 6.04 Å². The van der Waals surface area contributed by atoms with E-state index in [4.69, 9.17) is 5.73 Å². The highest BCUT2D eigenvalue weighted by Gasteiger charge is 2.18. The molecule has 0 spiro atoms. The van der Waals surface area contributed by atoms with Gasteiger partial charge in [-0.3, -0.25) is 9.59 Å². The van der Waals surface area contributed by atoms with E-state index < -0.39 is 6.04 Å². The van der Waals surface area contributed by atoms with Crippen molar-refractivity contribution in [2.24, 2.45) is 5.73 Å². The third-order valence-corrected chi connectivity index (χ3v) is 2.38. The van der Waals surface area contributed by atoms with Crippen LogP contribution < -0.4 is 16.4 Å². The molecule has 5 nitrogen and oxygen atoms in total. The van der Waals surface area contributed by atoms with Crippen molar-refractivity contribution in [2.45, 2.75) is 32.4 Å². The van der Waals surface area contributed by atoms with Gasteiger partial charge in [-0.2, -0.15) is 0 Å². The average molecular weight is 263 g/mol. The van der Waals surface area contributed by atoms with Crippen molar-refractivity contribution < 1.29 is 9.59 Å². The van der Waals surface area contributed by atoms with Crippen molar-refractivity contribution in [3.05, 3.63) is 35.9 Å². The van der Waals surface area contributed by atoms with E-state index in [1.54, 1.807) is 12.1 Å². The van der Waals surface area contributed by atoms with E-state index in [-0.39, 0.29) is 23.9 Å². The summed E-state index contributed by atoms with van der Waals surface area (Å²) >= 11 is 0. The molecule has 1 aromatic rings. The van der Waals surface area contributed by atoms with E-state index in [1.165, 1.54) is 0 Å². The molecule has 0 unspecified atom stereocenters. The van der Waals surface area contributed by atoms with Crippen molar-refractivity contribution >= 4 is 11.8 Å². The predicted octanol–water partition coefficient (Wildman–Crippen LogP) is 0.717. The standard InChI is InChI=1S/C14H21N3O2/c1-14(2,3)17-11(18)9-16-13(19)12(15)10-7-5-4-6-8-10/h4-8,12H,9,15H2,1-3H3,(H,16,19)(H,17,18)/t12-/m1/s1. The molecule has 1 rings (SSSR count). The van der Waals surface area contributed by atoms with Crippen molar-refractivity contribution in [2.75, 3.05) is 6.54 Å². The third-order valence-electron chi connectivity index (χ3n) is 2.38.